The maximum Gasteiger partial charge on any atom is 0.303 e. The zero-order valence-corrected chi connectivity index (χ0v) is 18.1. The van der Waals surface area contributed by atoms with Gasteiger partial charge in [-0.2, -0.15) is 8.78 Å². The van der Waals surface area contributed by atoms with E-state index in [0.717, 1.165) is 37.1 Å². The van der Waals surface area contributed by atoms with Gasteiger partial charge >= 0.3 is 5.92 Å². The third kappa shape index (κ3) is 4.83. The van der Waals surface area contributed by atoms with Gasteiger partial charge in [-0.1, -0.05) is 0 Å². The molecule has 3 aromatic heterocycles. The summed E-state index contributed by atoms with van der Waals surface area (Å²) in [6.07, 6.45) is 3.80. The molecule has 11 heteroatoms. The Hall–Kier alpha value is -3.05. The molecule has 1 aliphatic heterocycles. The van der Waals surface area contributed by atoms with Gasteiger partial charge in [-0.3, -0.25) is 4.79 Å². The molecule has 0 radical (unpaired) electrons. The summed E-state index contributed by atoms with van der Waals surface area (Å²) in [7, 11) is 2.05. The molecule has 0 atom stereocenters. The molecule has 4 heterocycles. The number of hydrogen-bond acceptors (Lipinski definition) is 8. The number of carbonyl (C=O) groups is 1. The summed E-state index contributed by atoms with van der Waals surface area (Å²) < 4.78 is 27.3. The number of thiazole rings is 1. The standard InChI is InChI=1S/C20H21F2N7OS/c1-11(30)25-17-8-13(26-16-4-6-23-19(28-16)20(2,21)22)12(9-24-17)18-27-14-10-29(3)7-5-15(14)31-18/h4,6,8-9H,5,7,10H2,1-3H3,(H2,23,24,25,26,28,30). The molecule has 1 aliphatic rings. The highest BCUT2D eigenvalue weighted by molar-refractivity contribution is 7.15. The molecule has 2 N–H and O–H groups in total. The van der Waals surface area contributed by atoms with Gasteiger partial charge in [0.25, 0.3) is 0 Å². The van der Waals surface area contributed by atoms with Crippen LogP contribution in [0.1, 0.15) is 30.2 Å². The van der Waals surface area contributed by atoms with E-state index in [4.69, 9.17) is 4.98 Å². The first kappa shape index (κ1) is 21.2. The largest absolute Gasteiger partial charge is 0.339 e. The quantitative estimate of drug-likeness (QED) is 0.617. The second-order valence-electron chi connectivity index (χ2n) is 7.45. The summed E-state index contributed by atoms with van der Waals surface area (Å²) in [5, 5.41) is 6.46. The van der Waals surface area contributed by atoms with Crippen molar-refractivity contribution in [1.82, 2.24) is 24.8 Å². The molecule has 0 aliphatic carbocycles. The van der Waals surface area contributed by atoms with E-state index < -0.39 is 11.7 Å². The highest BCUT2D eigenvalue weighted by Crippen LogP contribution is 2.37. The van der Waals surface area contributed by atoms with Crippen LogP contribution >= 0.6 is 11.3 Å². The summed E-state index contributed by atoms with van der Waals surface area (Å²) in [4.78, 5) is 31.6. The maximum atomic E-state index is 13.7. The fourth-order valence-electron chi connectivity index (χ4n) is 3.20. The number of amides is 1. The van der Waals surface area contributed by atoms with E-state index in [1.165, 1.54) is 24.1 Å². The molecule has 0 spiro atoms. The molecule has 1 amide bonds. The Labute approximate surface area is 181 Å². The lowest BCUT2D eigenvalue weighted by Gasteiger charge is -2.20. The molecule has 8 nitrogen and oxygen atoms in total. The van der Waals surface area contributed by atoms with Crippen LogP contribution in [-0.4, -0.2) is 44.3 Å². The van der Waals surface area contributed by atoms with Crippen molar-refractivity contribution in [3.8, 4) is 10.6 Å². The fraction of sp³-hybridized carbons (Fsp3) is 0.350. The lowest BCUT2D eigenvalue weighted by molar-refractivity contribution is -0.114. The van der Waals surface area contributed by atoms with Crippen LogP contribution in [0.4, 0.5) is 26.1 Å². The Morgan fingerprint density at radius 3 is 2.81 bits per heavy atom. The van der Waals surface area contributed by atoms with Crippen LogP contribution in [0.25, 0.3) is 10.6 Å². The van der Waals surface area contributed by atoms with E-state index in [1.54, 1.807) is 23.6 Å². The first-order valence-electron chi connectivity index (χ1n) is 9.62. The Kier molecular flexibility index (Phi) is 5.63. The number of nitrogens with zero attached hydrogens (tertiary/aromatic N) is 5. The topological polar surface area (TPSA) is 95.9 Å². The second kappa shape index (κ2) is 8.23. The third-order valence-electron chi connectivity index (χ3n) is 4.67. The van der Waals surface area contributed by atoms with Crippen LogP contribution in [-0.2, 0) is 23.7 Å². The lowest BCUT2D eigenvalue weighted by Crippen LogP contribution is -2.25. The van der Waals surface area contributed by atoms with Crippen molar-refractivity contribution < 1.29 is 13.6 Å². The van der Waals surface area contributed by atoms with Crippen molar-refractivity contribution in [2.24, 2.45) is 0 Å². The van der Waals surface area contributed by atoms with Crippen molar-refractivity contribution >= 4 is 34.6 Å². The van der Waals surface area contributed by atoms with E-state index in [9.17, 15) is 13.6 Å². The van der Waals surface area contributed by atoms with Gasteiger partial charge in [-0.05, 0) is 19.5 Å². The van der Waals surface area contributed by atoms with Crippen molar-refractivity contribution in [3.63, 3.8) is 0 Å². The number of fused-ring (bicyclic) bond motifs is 1. The molecule has 31 heavy (non-hydrogen) atoms. The van der Waals surface area contributed by atoms with Crippen molar-refractivity contribution in [2.45, 2.75) is 32.7 Å². The Morgan fingerprint density at radius 2 is 2.06 bits per heavy atom. The first-order chi connectivity index (χ1) is 14.7. The Morgan fingerprint density at radius 1 is 1.26 bits per heavy atom. The van der Waals surface area contributed by atoms with Crippen molar-refractivity contribution in [1.29, 1.82) is 0 Å². The van der Waals surface area contributed by atoms with Crippen LogP contribution in [0, 0.1) is 0 Å². The first-order valence-corrected chi connectivity index (χ1v) is 10.4. The number of aromatic nitrogens is 4. The van der Waals surface area contributed by atoms with Gasteiger partial charge in [0.05, 0.1) is 16.9 Å². The predicted molar refractivity (Wildman–Crippen MR) is 115 cm³/mol. The number of alkyl halides is 2. The molecule has 0 aromatic carbocycles. The Bertz CT molecular complexity index is 1130. The summed E-state index contributed by atoms with van der Waals surface area (Å²) in [5.41, 5.74) is 2.27. The molecular weight excluding hydrogens is 424 g/mol. The highest BCUT2D eigenvalue weighted by Gasteiger charge is 2.28. The van der Waals surface area contributed by atoms with E-state index >= 15 is 0 Å². The molecule has 0 saturated carbocycles. The number of anilines is 3. The molecule has 3 aromatic rings. The van der Waals surface area contributed by atoms with Gasteiger partial charge in [-0.25, -0.2) is 19.9 Å². The molecule has 0 saturated heterocycles. The molecule has 0 fully saturated rings. The number of rotatable bonds is 5. The van der Waals surface area contributed by atoms with Crippen LogP contribution in [0.3, 0.4) is 0 Å². The molecule has 4 rings (SSSR count). The number of halogens is 2. The maximum absolute atomic E-state index is 13.7. The second-order valence-corrected chi connectivity index (χ2v) is 8.54. The molecular formula is C20H21F2N7OS. The normalized spacial score (nSPS) is 14.2. The number of nitrogens with one attached hydrogen (secondary N) is 2. The van der Waals surface area contributed by atoms with Gasteiger partial charge in [-0.15, -0.1) is 11.3 Å². The Balaban J connectivity index is 1.74. The van der Waals surface area contributed by atoms with Crippen LogP contribution in [0.15, 0.2) is 24.5 Å². The fourth-order valence-corrected chi connectivity index (χ4v) is 4.28. The van der Waals surface area contributed by atoms with E-state index in [-0.39, 0.29) is 11.7 Å². The monoisotopic (exact) mass is 445 g/mol. The predicted octanol–water partition coefficient (Wildman–Crippen LogP) is 3.80. The number of carbonyl (C=O) groups excluding carboxylic acids is 1. The summed E-state index contributed by atoms with van der Waals surface area (Å²) in [5.74, 6) is -3.49. The molecule has 0 unspecified atom stereocenters. The SMILES string of the molecule is CC(=O)Nc1cc(Nc2ccnc(C(C)(F)F)n2)c(-c2nc3c(s2)CCN(C)C3)cn1. The average Bonchev–Trinajstić information content (AvgIpc) is 3.10. The minimum Gasteiger partial charge on any atom is -0.339 e. The van der Waals surface area contributed by atoms with Crippen molar-refractivity contribution in [2.75, 3.05) is 24.2 Å². The van der Waals surface area contributed by atoms with Gasteiger partial charge < -0.3 is 15.5 Å². The number of likely N-dealkylation sites (N-methyl/N-ethyl adjacent to an activating group) is 1. The number of hydrogen-bond donors (Lipinski definition) is 2. The van der Waals surface area contributed by atoms with E-state index in [0.29, 0.717) is 17.1 Å². The minimum atomic E-state index is -3.17. The van der Waals surface area contributed by atoms with Crippen LogP contribution in [0.2, 0.25) is 0 Å². The van der Waals surface area contributed by atoms with Crippen LogP contribution in [0.5, 0.6) is 0 Å². The van der Waals surface area contributed by atoms with E-state index in [1.807, 2.05) is 0 Å². The average molecular weight is 445 g/mol. The smallest absolute Gasteiger partial charge is 0.303 e. The van der Waals surface area contributed by atoms with Gasteiger partial charge in [0.1, 0.15) is 16.6 Å². The van der Waals surface area contributed by atoms with Crippen molar-refractivity contribution in [3.05, 3.63) is 40.9 Å². The van der Waals surface area contributed by atoms with Gasteiger partial charge in [0.2, 0.25) is 11.7 Å². The zero-order chi connectivity index (χ0) is 22.2. The van der Waals surface area contributed by atoms with Crippen LogP contribution < -0.4 is 10.6 Å². The van der Waals surface area contributed by atoms with Gasteiger partial charge in [0, 0.05) is 50.3 Å². The zero-order valence-electron chi connectivity index (χ0n) is 17.2. The number of pyridine rings is 1. The summed E-state index contributed by atoms with van der Waals surface area (Å²) in [6, 6.07) is 3.13. The summed E-state index contributed by atoms with van der Waals surface area (Å²) in [6.45, 7) is 3.87. The lowest BCUT2D eigenvalue weighted by atomic mass is 10.2. The highest BCUT2D eigenvalue weighted by atomic mass is 32.1. The van der Waals surface area contributed by atoms with E-state index in [2.05, 4.69) is 37.5 Å². The van der Waals surface area contributed by atoms with Gasteiger partial charge in [0.15, 0.2) is 0 Å². The third-order valence-corrected chi connectivity index (χ3v) is 5.86. The molecule has 0 bridgehead atoms. The minimum absolute atomic E-state index is 0.203. The summed E-state index contributed by atoms with van der Waals surface area (Å²) >= 11 is 1.58. The molecule has 162 valence electrons.